The van der Waals surface area contributed by atoms with Gasteiger partial charge in [-0.3, -0.25) is 4.90 Å². The molecule has 0 N–H and O–H groups in total. The molecule has 1 aromatic heterocycles. The van der Waals surface area contributed by atoms with E-state index in [-0.39, 0.29) is 11.9 Å². The Morgan fingerprint density at radius 1 is 1.08 bits per heavy atom. The average Bonchev–Trinajstić information content (AvgIpc) is 3.02. The number of piperidine rings is 1. The van der Waals surface area contributed by atoms with Crippen LogP contribution in [-0.4, -0.2) is 40.7 Å². The van der Waals surface area contributed by atoms with Gasteiger partial charge in [-0.1, -0.05) is 12.1 Å². The number of halogens is 1. The SMILES string of the molecule is Fc1ccc(CN2CCC3(CC2)CO[C@H](Cc2cncnc2)C3)cc1. The number of hydrogen-bond acceptors (Lipinski definition) is 4. The lowest BCUT2D eigenvalue weighted by Gasteiger charge is -2.38. The van der Waals surface area contributed by atoms with Gasteiger partial charge in [0.25, 0.3) is 0 Å². The molecule has 25 heavy (non-hydrogen) atoms. The minimum Gasteiger partial charge on any atom is -0.377 e. The van der Waals surface area contributed by atoms with E-state index in [1.54, 1.807) is 18.5 Å². The van der Waals surface area contributed by atoms with Crippen molar-refractivity contribution in [2.24, 2.45) is 5.41 Å². The molecule has 1 spiro atoms. The predicted molar refractivity (Wildman–Crippen MR) is 93.4 cm³/mol. The molecule has 4 rings (SSSR count). The zero-order valence-corrected chi connectivity index (χ0v) is 14.4. The summed E-state index contributed by atoms with van der Waals surface area (Å²) in [4.78, 5) is 10.6. The second-order valence-electron chi connectivity index (χ2n) is 7.49. The van der Waals surface area contributed by atoms with E-state index in [1.807, 2.05) is 24.5 Å². The fourth-order valence-electron chi connectivity index (χ4n) is 4.11. The fourth-order valence-corrected chi connectivity index (χ4v) is 4.11. The van der Waals surface area contributed by atoms with Crippen molar-refractivity contribution in [3.8, 4) is 0 Å². The number of aromatic nitrogens is 2. The molecular weight excluding hydrogens is 317 g/mol. The summed E-state index contributed by atoms with van der Waals surface area (Å²) in [6, 6.07) is 6.86. The Bertz CT molecular complexity index is 684. The number of rotatable bonds is 4. The molecule has 0 radical (unpaired) electrons. The van der Waals surface area contributed by atoms with Crippen LogP contribution >= 0.6 is 0 Å². The first-order valence-corrected chi connectivity index (χ1v) is 9.03. The third-order valence-corrected chi connectivity index (χ3v) is 5.60. The minimum atomic E-state index is -0.167. The summed E-state index contributed by atoms with van der Waals surface area (Å²) >= 11 is 0. The molecule has 2 aliphatic rings. The van der Waals surface area contributed by atoms with E-state index in [9.17, 15) is 4.39 Å². The maximum atomic E-state index is 13.0. The van der Waals surface area contributed by atoms with E-state index in [4.69, 9.17) is 4.74 Å². The van der Waals surface area contributed by atoms with Crippen LogP contribution in [0.4, 0.5) is 4.39 Å². The van der Waals surface area contributed by atoms with Gasteiger partial charge in [-0.05, 0) is 61.0 Å². The van der Waals surface area contributed by atoms with Gasteiger partial charge in [0.15, 0.2) is 0 Å². The minimum absolute atomic E-state index is 0.167. The standard InChI is InChI=1S/C20H24FN3O/c21-18-3-1-16(2-4-18)13-24-7-5-20(6-8-24)10-19(25-14-20)9-17-11-22-15-23-12-17/h1-4,11-12,15,19H,5-10,13-14H2/t19-/m1/s1. The van der Waals surface area contributed by atoms with Crippen LogP contribution in [0.15, 0.2) is 43.0 Å². The molecule has 2 aliphatic heterocycles. The van der Waals surface area contributed by atoms with Crippen LogP contribution < -0.4 is 0 Å². The Labute approximate surface area is 148 Å². The largest absolute Gasteiger partial charge is 0.377 e. The van der Waals surface area contributed by atoms with Crippen LogP contribution in [0.1, 0.15) is 30.4 Å². The molecule has 0 unspecified atom stereocenters. The first-order valence-electron chi connectivity index (χ1n) is 9.03. The van der Waals surface area contributed by atoms with E-state index < -0.39 is 0 Å². The van der Waals surface area contributed by atoms with Crippen molar-refractivity contribution in [3.63, 3.8) is 0 Å². The van der Waals surface area contributed by atoms with Crippen LogP contribution in [-0.2, 0) is 17.7 Å². The Kier molecular flexibility index (Phi) is 4.77. The van der Waals surface area contributed by atoms with Gasteiger partial charge < -0.3 is 4.74 Å². The van der Waals surface area contributed by atoms with Gasteiger partial charge in [-0.25, -0.2) is 14.4 Å². The smallest absolute Gasteiger partial charge is 0.123 e. The lowest BCUT2D eigenvalue weighted by molar-refractivity contribution is 0.0631. The van der Waals surface area contributed by atoms with Crippen molar-refractivity contribution < 1.29 is 9.13 Å². The van der Waals surface area contributed by atoms with Crippen molar-refractivity contribution in [1.29, 1.82) is 0 Å². The molecule has 1 atom stereocenters. The van der Waals surface area contributed by atoms with E-state index >= 15 is 0 Å². The predicted octanol–water partition coefficient (Wildman–Crippen LogP) is 3.23. The molecule has 0 bridgehead atoms. The first kappa shape index (κ1) is 16.6. The van der Waals surface area contributed by atoms with Gasteiger partial charge in [-0.2, -0.15) is 0 Å². The van der Waals surface area contributed by atoms with Crippen LogP contribution in [0.3, 0.4) is 0 Å². The van der Waals surface area contributed by atoms with Crippen molar-refractivity contribution in [3.05, 3.63) is 59.9 Å². The van der Waals surface area contributed by atoms with Gasteiger partial charge in [-0.15, -0.1) is 0 Å². The molecule has 4 nitrogen and oxygen atoms in total. The fraction of sp³-hybridized carbons (Fsp3) is 0.500. The Morgan fingerprint density at radius 2 is 1.80 bits per heavy atom. The molecule has 0 saturated carbocycles. The number of benzene rings is 1. The second-order valence-corrected chi connectivity index (χ2v) is 7.49. The van der Waals surface area contributed by atoms with Crippen molar-refractivity contribution in [2.45, 2.75) is 38.3 Å². The molecule has 132 valence electrons. The quantitative estimate of drug-likeness (QED) is 0.856. The number of likely N-dealkylation sites (tertiary alicyclic amines) is 1. The van der Waals surface area contributed by atoms with Gasteiger partial charge >= 0.3 is 0 Å². The summed E-state index contributed by atoms with van der Waals surface area (Å²) in [5, 5.41) is 0. The van der Waals surface area contributed by atoms with Gasteiger partial charge in [0, 0.05) is 25.4 Å². The Hall–Kier alpha value is -1.85. The highest BCUT2D eigenvalue weighted by Gasteiger charge is 2.42. The van der Waals surface area contributed by atoms with E-state index in [0.29, 0.717) is 5.41 Å². The Morgan fingerprint density at radius 3 is 2.52 bits per heavy atom. The first-order chi connectivity index (χ1) is 12.2. The topological polar surface area (TPSA) is 38.2 Å². The summed E-state index contributed by atoms with van der Waals surface area (Å²) in [5.41, 5.74) is 2.67. The van der Waals surface area contributed by atoms with Gasteiger partial charge in [0.2, 0.25) is 0 Å². The van der Waals surface area contributed by atoms with Gasteiger partial charge in [0.1, 0.15) is 12.1 Å². The molecule has 2 aromatic rings. The zero-order valence-electron chi connectivity index (χ0n) is 14.4. The van der Waals surface area contributed by atoms with E-state index in [2.05, 4.69) is 14.9 Å². The van der Waals surface area contributed by atoms with Crippen LogP contribution in [0.2, 0.25) is 0 Å². The number of nitrogens with zero attached hydrogens (tertiary/aromatic N) is 3. The third-order valence-electron chi connectivity index (χ3n) is 5.60. The summed E-state index contributed by atoms with van der Waals surface area (Å²) in [7, 11) is 0. The molecule has 2 fully saturated rings. The highest BCUT2D eigenvalue weighted by Crippen LogP contribution is 2.42. The third kappa shape index (κ3) is 4.05. The molecule has 0 amide bonds. The molecule has 1 aromatic carbocycles. The molecule has 0 aliphatic carbocycles. The summed E-state index contributed by atoms with van der Waals surface area (Å²) in [5.74, 6) is -0.167. The van der Waals surface area contributed by atoms with Crippen LogP contribution in [0, 0.1) is 11.2 Å². The maximum Gasteiger partial charge on any atom is 0.123 e. The monoisotopic (exact) mass is 341 g/mol. The summed E-state index contributed by atoms with van der Waals surface area (Å²) in [6.07, 6.45) is 10.0. The molecular formula is C20H24FN3O. The lowest BCUT2D eigenvalue weighted by Crippen LogP contribution is -2.40. The van der Waals surface area contributed by atoms with E-state index in [0.717, 1.165) is 44.6 Å². The van der Waals surface area contributed by atoms with Crippen LogP contribution in [0.25, 0.3) is 0 Å². The summed E-state index contributed by atoms with van der Waals surface area (Å²) < 4.78 is 19.1. The molecule has 3 heterocycles. The second kappa shape index (κ2) is 7.18. The number of ether oxygens (including phenoxy) is 1. The average molecular weight is 341 g/mol. The normalized spacial score (nSPS) is 23.2. The maximum absolute atomic E-state index is 13.0. The van der Waals surface area contributed by atoms with Crippen molar-refractivity contribution in [2.75, 3.05) is 19.7 Å². The Balaban J connectivity index is 1.29. The molecule has 2 saturated heterocycles. The zero-order chi connectivity index (χ0) is 17.1. The van der Waals surface area contributed by atoms with Crippen molar-refractivity contribution >= 4 is 0 Å². The molecule has 5 heteroatoms. The van der Waals surface area contributed by atoms with E-state index in [1.165, 1.54) is 18.4 Å². The lowest BCUT2D eigenvalue weighted by atomic mass is 9.76. The highest BCUT2D eigenvalue weighted by atomic mass is 19.1. The highest BCUT2D eigenvalue weighted by molar-refractivity contribution is 5.16. The van der Waals surface area contributed by atoms with Gasteiger partial charge in [0.05, 0.1) is 12.7 Å². The van der Waals surface area contributed by atoms with Crippen LogP contribution in [0.5, 0.6) is 0 Å². The van der Waals surface area contributed by atoms with Crippen molar-refractivity contribution in [1.82, 2.24) is 14.9 Å². The summed E-state index contributed by atoms with van der Waals surface area (Å²) in [6.45, 7) is 3.95. The number of hydrogen-bond donors (Lipinski definition) is 0.